The van der Waals surface area contributed by atoms with E-state index < -0.39 is 0 Å². The molecule has 1 aliphatic rings. The van der Waals surface area contributed by atoms with Crippen LogP contribution in [0.3, 0.4) is 0 Å². The van der Waals surface area contributed by atoms with E-state index in [1.54, 1.807) is 12.0 Å². The van der Waals surface area contributed by atoms with Crippen molar-refractivity contribution in [1.82, 2.24) is 4.90 Å². The van der Waals surface area contributed by atoms with Crippen molar-refractivity contribution >= 4 is 22.6 Å². The molecule has 0 atom stereocenters. The Morgan fingerprint density at radius 1 is 1.12 bits per heavy atom. The number of nitrogens with zero attached hydrogens (tertiary/aromatic N) is 2. The van der Waals surface area contributed by atoms with Crippen LogP contribution in [-0.4, -0.2) is 56.3 Å². The minimum atomic E-state index is -0.0479. The van der Waals surface area contributed by atoms with Crippen LogP contribution in [0.1, 0.15) is 24.2 Å². The molecule has 4 rings (SSSR count). The maximum atomic E-state index is 8.19. The number of para-hydroxylation sites is 1. The molecule has 178 valence electrons. The fraction of sp³-hybridized carbons (Fsp3) is 0.400. The van der Waals surface area contributed by atoms with E-state index in [9.17, 15) is 0 Å². The Labute approximate surface area is 194 Å². The van der Waals surface area contributed by atoms with Gasteiger partial charge in [0.25, 0.3) is 0 Å². The Morgan fingerprint density at radius 2 is 1.91 bits per heavy atom. The Balaban J connectivity index is 0.00000306. The zero-order valence-corrected chi connectivity index (χ0v) is 19.2. The maximum Gasteiger partial charge on any atom is 0.193 e. The number of guanidine groups is 1. The predicted molar refractivity (Wildman–Crippen MR) is 131 cm³/mol. The molecule has 2 aromatic carbocycles. The molecule has 0 spiro atoms. The predicted octanol–water partition coefficient (Wildman–Crippen LogP) is 3.17. The van der Waals surface area contributed by atoms with Gasteiger partial charge in [-0.1, -0.05) is 24.3 Å². The number of benzene rings is 2. The number of aryl methyl sites for hydroxylation is 1. The molecule has 0 amide bonds. The van der Waals surface area contributed by atoms with Crippen LogP contribution in [0.2, 0.25) is 0 Å². The molecule has 0 radical (unpaired) electrons. The summed E-state index contributed by atoms with van der Waals surface area (Å²) in [6, 6.07) is 16.0. The summed E-state index contributed by atoms with van der Waals surface area (Å²) in [5.41, 5.74) is 8.80. The molecule has 33 heavy (non-hydrogen) atoms. The quantitative estimate of drug-likeness (QED) is 0.291. The number of hydrogen-bond acceptors (Lipinski definition) is 5. The highest BCUT2D eigenvalue weighted by atomic mass is 16.5. The van der Waals surface area contributed by atoms with E-state index in [0.29, 0.717) is 12.3 Å². The number of nitrogens with two attached hydrogens (primary N) is 1. The van der Waals surface area contributed by atoms with E-state index >= 15 is 0 Å². The van der Waals surface area contributed by atoms with Gasteiger partial charge in [-0.15, -0.1) is 0 Å². The van der Waals surface area contributed by atoms with Crippen LogP contribution in [-0.2, 0) is 17.7 Å². The molecule has 1 aliphatic heterocycles. The summed E-state index contributed by atoms with van der Waals surface area (Å²) in [4.78, 5) is 4.20. The molecule has 8 heteroatoms. The third-order valence-corrected chi connectivity index (χ3v) is 5.91. The van der Waals surface area contributed by atoms with Gasteiger partial charge in [-0.05, 0) is 55.6 Å². The minimum absolute atomic E-state index is 0. The molecule has 0 unspecified atom stereocenters. The highest BCUT2D eigenvalue weighted by molar-refractivity contribution is 5.94. The Kier molecular flexibility index (Phi) is 8.71. The lowest BCUT2D eigenvalue weighted by atomic mass is 10.1. The smallest absolute Gasteiger partial charge is 0.193 e. The SMILES string of the molecule is COc1ccc(CCCCN2CCOCC2)cc1N(Cc1cc2ccccc2o1)C(=N)N.O. The second-order valence-corrected chi connectivity index (χ2v) is 8.14. The van der Waals surface area contributed by atoms with Gasteiger partial charge in [-0.25, -0.2) is 0 Å². The van der Waals surface area contributed by atoms with Gasteiger partial charge in [0.15, 0.2) is 5.96 Å². The van der Waals surface area contributed by atoms with Crippen molar-refractivity contribution in [2.24, 2.45) is 5.73 Å². The minimum Gasteiger partial charge on any atom is -0.495 e. The van der Waals surface area contributed by atoms with Crippen molar-refractivity contribution in [1.29, 1.82) is 5.41 Å². The van der Waals surface area contributed by atoms with Gasteiger partial charge < -0.3 is 30.0 Å². The fourth-order valence-corrected chi connectivity index (χ4v) is 4.16. The van der Waals surface area contributed by atoms with Crippen LogP contribution in [0, 0.1) is 5.41 Å². The summed E-state index contributed by atoms with van der Waals surface area (Å²) in [6.45, 7) is 5.21. The van der Waals surface area contributed by atoms with Crippen LogP contribution in [0.4, 0.5) is 5.69 Å². The third kappa shape index (κ3) is 6.25. The highest BCUT2D eigenvalue weighted by Gasteiger charge is 2.18. The lowest BCUT2D eigenvalue weighted by Gasteiger charge is -2.26. The van der Waals surface area contributed by atoms with Crippen molar-refractivity contribution < 1.29 is 19.4 Å². The molecule has 0 aliphatic carbocycles. The lowest BCUT2D eigenvalue weighted by Crippen LogP contribution is -2.36. The summed E-state index contributed by atoms with van der Waals surface area (Å²) in [7, 11) is 1.64. The van der Waals surface area contributed by atoms with E-state index in [1.165, 1.54) is 5.56 Å². The van der Waals surface area contributed by atoms with E-state index in [-0.39, 0.29) is 11.4 Å². The molecule has 5 N–H and O–H groups in total. The van der Waals surface area contributed by atoms with Crippen LogP contribution in [0.15, 0.2) is 52.9 Å². The molecule has 1 aromatic heterocycles. The highest BCUT2D eigenvalue weighted by Crippen LogP contribution is 2.32. The lowest BCUT2D eigenvalue weighted by molar-refractivity contribution is 0.0372. The molecule has 0 saturated carbocycles. The molecule has 1 saturated heterocycles. The summed E-state index contributed by atoms with van der Waals surface area (Å²) >= 11 is 0. The van der Waals surface area contributed by atoms with Gasteiger partial charge in [-0.3, -0.25) is 10.3 Å². The number of morpholine rings is 1. The van der Waals surface area contributed by atoms with Crippen LogP contribution in [0.5, 0.6) is 5.75 Å². The topological polar surface area (TPSA) is 119 Å². The first-order valence-electron chi connectivity index (χ1n) is 11.2. The van der Waals surface area contributed by atoms with E-state index in [0.717, 1.165) is 74.5 Å². The molecular formula is C25H34N4O4. The number of furan rings is 1. The average Bonchev–Trinajstić information content (AvgIpc) is 3.23. The summed E-state index contributed by atoms with van der Waals surface area (Å²) in [6.07, 6.45) is 3.22. The number of rotatable bonds is 9. The molecule has 3 aromatic rings. The Bertz CT molecular complexity index is 1010. The first-order chi connectivity index (χ1) is 15.6. The standard InChI is InChI=1S/C25H32N4O3.H2O/c1-30-24-10-9-19(6-4-5-11-28-12-14-31-15-13-28)16-22(24)29(25(26)27)18-21-17-20-7-2-3-8-23(20)32-21;/h2-3,7-10,16-17H,4-6,11-15,18H2,1H3,(H3,26,27);1H2. The number of fused-ring (bicyclic) bond motifs is 1. The van der Waals surface area contributed by atoms with Crippen molar-refractivity contribution in [3.63, 3.8) is 0 Å². The first-order valence-corrected chi connectivity index (χ1v) is 11.2. The second kappa shape index (κ2) is 11.7. The van der Waals surface area contributed by atoms with Gasteiger partial charge >= 0.3 is 0 Å². The fourth-order valence-electron chi connectivity index (χ4n) is 4.16. The van der Waals surface area contributed by atoms with Crippen LogP contribution < -0.4 is 15.4 Å². The van der Waals surface area contributed by atoms with Crippen LogP contribution >= 0.6 is 0 Å². The number of methoxy groups -OCH3 is 1. The number of hydrogen-bond donors (Lipinski definition) is 2. The Morgan fingerprint density at radius 3 is 2.64 bits per heavy atom. The number of anilines is 1. The second-order valence-electron chi connectivity index (χ2n) is 8.14. The zero-order chi connectivity index (χ0) is 22.3. The summed E-state index contributed by atoms with van der Waals surface area (Å²) in [5.74, 6) is 1.39. The number of unbranched alkanes of at least 4 members (excludes halogenated alkanes) is 1. The molecule has 2 heterocycles. The largest absolute Gasteiger partial charge is 0.495 e. The first kappa shape index (κ1) is 24.6. The van der Waals surface area contributed by atoms with Crippen molar-refractivity contribution in [3.8, 4) is 5.75 Å². The summed E-state index contributed by atoms with van der Waals surface area (Å²) in [5, 5.41) is 9.22. The molecule has 8 nitrogen and oxygen atoms in total. The van der Waals surface area contributed by atoms with Crippen molar-refractivity contribution in [2.45, 2.75) is 25.8 Å². The molecule has 0 bridgehead atoms. The third-order valence-electron chi connectivity index (χ3n) is 5.91. The van der Waals surface area contributed by atoms with Crippen LogP contribution in [0.25, 0.3) is 11.0 Å². The Hall–Kier alpha value is -3.07. The number of nitrogens with one attached hydrogen (secondary N) is 1. The molecule has 1 fully saturated rings. The number of ether oxygens (including phenoxy) is 2. The van der Waals surface area contributed by atoms with Gasteiger partial charge in [0.1, 0.15) is 17.1 Å². The van der Waals surface area contributed by atoms with Gasteiger partial charge in [0.2, 0.25) is 0 Å². The average molecular weight is 455 g/mol. The van der Waals surface area contributed by atoms with E-state index in [4.69, 9.17) is 25.0 Å². The van der Waals surface area contributed by atoms with E-state index in [1.807, 2.05) is 36.4 Å². The monoisotopic (exact) mass is 454 g/mol. The van der Waals surface area contributed by atoms with E-state index in [2.05, 4.69) is 17.0 Å². The van der Waals surface area contributed by atoms with Gasteiger partial charge in [0, 0.05) is 18.5 Å². The summed E-state index contributed by atoms with van der Waals surface area (Å²) < 4.78 is 17.0. The van der Waals surface area contributed by atoms with Crippen molar-refractivity contribution in [2.75, 3.05) is 44.9 Å². The van der Waals surface area contributed by atoms with Gasteiger partial charge in [-0.2, -0.15) is 0 Å². The normalized spacial score (nSPS) is 14.1. The van der Waals surface area contributed by atoms with Crippen molar-refractivity contribution in [3.05, 3.63) is 59.9 Å². The van der Waals surface area contributed by atoms with Gasteiger partial charge in [0.05, 0.1) is 32.6 Å². The zero-order valence-electron chi connectivity index (χ0n) is 19.2. The maximum absolute atomic E-state index is 8.19. The molecular weight excluding hydrogens is 420 g/mol.